The smallest absolute Gasteiger partial charge is 0.314 e. The summed E-state index contributed by atoms with van der Waals surface area (Å²) in [6, 6.07) is 11.1. The predicted octanol–water partition coefficient (Wildman–Crippen LogP) is 3.41. The number of carbonyl (C=O) groups is 2. The Morgan fingerprint density at radius 2 is 1.84 bits per heavy atom. The fourth-order valence-corrected chi connectivity index (χ4v) is 3.61. The van der Waals surface area contributed by atoms with Crippen molar-refractivity contribution in [2.75, 3.05) is 13.1 Å². The maximum absolute atomic E-state index is 12.7. The summed E-state index contributed by atoms with van der Waals surface area (Å²) in [5.74, 6) is 0.184. The number of furan rings is 1. The van der Waals surface area contributed by atoms with Gasteiger partial charge in [-0.2, -0.15) is 0 Å². The zero-order chi connectivity index (χ0) is 18.0. The maximum atomic E-state index is 12.7. The first-order valence-corrected chi connectivity index (χ1v) is 8.65. The molecule has 0 unspecified atom stereocenters. The molecule has 5 nitrogen and oxygen atoms in total. The van der Waals surface area contributed by atoms with Crippen molar-refractivity contribution in [2.45, 2.75) is 38.5 Å². The van der Waals surface area contributed by atoms with E-state index in [4.69, 9.17) is 4.42 Å². The van der Waals surface area contributed by atoms with Gasteiger partial charge in [0.1, 0.15) is 5.76 Å². The number of rotatable bonds is 4. The topological polar surface area (TPSA) is 70.8 Å². The minimum Gasteiger partial charge on any atom is -0.481 e. The molecule has 2 heterocycles. The van der Waals surface area contributed by atoms with Crippen LogP contribution in [0.15, 0.2) is 40.8 Å². The van der Waals surface area contributed by atoms with Gasteiger partial charge in [-0.3, -0.25) is 9.59 Å². The van der Waals surface area contributed by atoms with Gasteiger partial charge in [0.15, 0.2) is 5.76 Å². The lowest BCUT2D eigenvalue weighted by molar-refractivity contribution is -0.145. The molecule has 1 saturated heterocycles. The number of carbonyl (C=O) groups excluding carboxylic acids is 1. The Morgan fingerprint density at radius 1 is 1.20 bits per heavy atom. The van der Waals surface area contributed by atoms with Gasteiger partial charge in [-0.1, -0.05) is 37.3 Å². The Kier molecular flexibility index (Phi) is 4.66. The molecule has 2 aromatic rings. The van der Waals surface area contributed by atoms with Gasteiger partial charge < -0.3 is 14.4 Å². The van der Waals surface area contributed by atoms with E-state index in [1.807, 2.05) is 44.2 Å². The minimum atomic E-state index is -0.925. The van der Waals surface area contributed by atoms with Gasteiger partial charge in [-0.05, 0) is 37.0 Å². The molecular formula is C20H23NO4. The van der Waals surface area contributed by atoms with Crippen LogP contribution in [0.25, 0.3) is 0 Å². The van der Waals surface area contributed by atoms with Crippen LogP contribution in [0.1, 0.15) is 47.2 Å². The summed E-state index contributed by atoms with van der Waals surface area (Å²) >= 11 is 0. The number of piperidine rings is 1. The first-order chi connectivity index (χ1) is 12.0. The van der Waals surface area contributed by atoms with Crippen molar-refractivity contribution >= 4 is 11.9 Å². The molecule has 0 radical (unpaired) electrons. The Labute approximate surface area is 147 Å². The molecule has 1 fully saturated rings. The van der Waals surface area contributed by atoms with E-state index in [1.54, 1.807) is 11.0 Å². The number of carboxylic acid groups (broad SMARTS) is 1. The summed E-state index contributed by atoms with van der Waals surface area (Å²) in [7, 11) is 0. The molecular weight excluding hydrogens is 318 g/mol. The van der Waals surface area contributed by atoms with E-state index < -0.39 is 11.4 Å². The van der Waals surface area contributed by atoms with Crippen LogP contribution in [-0.4, -0.2) is 35.0 Å². The van der Waals surface area contributed by atoms with E-state index in [2.05, 4.69) is 0 Å². The SMILES string of the molecule is CCc1oc(C(=O)N2CCC(C(=O)O)(c3ccccc3)CC2)cc1C. The number of aryl methyl sites for hydroxylation is 2. The van der Waals surface area contributed by atoms with E-state index in [-0.39, 0.29) is 5.91 Å². The molecule has 0 saturated carbocycles. The number of amides is 1. The van der Waals surface area contributed by atoms with Crippen LogP contribution in [0.3, 0.4) is 0 Å². The van der Waals surface area contributed by atoms with Gasteiger partial charge in [0.2, 0.25) is 0 Å². The molecule has 1 aromatic carbocycles. The van der Waals surface area contributed by atoms with Crippen molar-refractivity contribution in [3.63, 3.8) is 0 Å². The normalized spacial score (nSPS) is 16.6. The number of benzene rings is 1. The zero-order valence-corrected chi connectivity index (χ0v) is 14.6. The summed E-state index contributed by atoms with van der Waals surface area (Å²) in [6.45, 7) is 4.73. The van der Waals surface area contributed by atoms with Gasteiger partial charge >= 0.3 is 5.97 Å². The summed E-state index contributed by atoms with van der Waals surface area (Å²) in [6.07, 6.45) is 1.55. The largest absolute Gasteiger partial charge is 0.481 e. The molecule has 1 aliphatic rings. The highest BCUT2D eigenvalue weighted by Gasteiger charge is 2.44. The van der Waals surface area contributed by atoms with Crippen LogP contribution >= 0.6 is 0 Å². The summed E-state index contributed by atoms with van der Waals surface area (Å²) in [5.41, 5.74) is 0.856. The summed E-state index contributed by atoms with van der Waals surface area (Å²) in [4.78, 5) is 26.4. The lowest BCUT2D eigenvalue weighted by Gasteiger charge is -2.39. The third kappa shape index (κ3) is 3.06. The van der Waals surface area contributed by atoms with Gasteiger partial charge in [0.25, 0.3) is 5.91 Å². The first-order valence-electron chi connectivity index (χ1n) is 8.65. The van der Waals surface area contributed by atoms with Crippen molar-refractivity contribution in [1.82, 2.24) is 4.90 Å². The molecule has 1 aliphatic heterocycles. The third-order valence-electron chi connectivity index (χ3n) is 5.19. The Balaban J connectivity index is 1.78. The van der Waals surface area contributed by atoms with Gasteiger partial charge in [-0.15, -0.1) is 0 Å². The van der Waals surface area contributed by atoms with Crippen molar-refractivity contribution in [3.05, 3.63) is 59.0 Å². The molecule has 132 valence electrons. The summed E-state index contributed by atoms with van der Waals surface area (Å²) < 4.78 is 5.66. The van der Waals surface area contributed by atoms with E-state index in [0.29, 0.717) is 31.7 Å². The highest BCUT2D eigenvalue weighted by Crippen LogP contribution is 2.36. The third-order valence-corrected chi connectivity index (χ3v) is 5.19. The second-order valence-electron chi connectivity index (χ2n) is 6.62. The number of hydrogen-bond acceptors (Lipinski definition) is 3. The molecule has 0 spiro atoms. The molecule has 0 bridgehead atoms. The quantitative estimate of drug-likeness (QED) is 0.925. The van der Waals surface area contributed by atoms with Crippen molar-refractivity contribution in [1.29, 1.82) is 0 Å². The average molecular weight is 341 g/mol. The fraction of sp³-hybridized carbons (Fsp3) is 0.400. The average Bonchev–Trinajstić information content (AvgIpc) is 3.02. The number of likely N-dealkylation sites (tertiary alicyclic amines) is 1. The monoisotopic (exact) mass is 341 g/mol. The molecule has 25 heavy (non-hydrogen) atoms. The van der Waals surface area contributed by atoms with Crippen LogP contribution in [0.5, 0.6) is 0 Å². The van der Waals surface area contributed by atoms with Crippen molar-refractivity contribution in [2.24, 2.45) is 0 Å². The van der Waals surface area contributed by atoms with Crippen molar-refractivity contribution in [3.8, 4) is 0 Å². The van der Waals surface area contributed by atoms with Gasteiger partial charge in [-0.25, -0.2) is 0 Å². The second-order valence-corrected chi connectivity index (χ2v) is 6.62. The molecule has 1 amide bonds. The van der Waals surface area contributed by atoms with Crippen LogP contribution in [0, 0.1) is 6.92 Å². The van der Waals surface area contributed by atoms with E-state index in [1.165, 1.54) is 0 Å². The number of aliphatic carboxylic acids is 1. The van der Waals surface area contributed by atoms with Crippen LogP contribution in [-0.2, 0) is 16.6 Å². The van der Waals surface area contributed by atoms with Gasteiger partial charge in [0, 0.05) is 19.5 Å². The Bertz CT molecular complexity index is 770. The number of nitrogens with zero attached hydrogens (tertiary/aromatic N) is 1. The molecule has 1 N–H and O–H groups in total. The predicted molar refractivity (Wildman–Crippen MR) is 93.7 cm³/mol. The second kappa shape index (κ2) is 6.75. The highest BCUT2D eigenvalue weighted by atomic mass is 16.4. The highest BCUT2D eigenvalue weighted by molar-refractivity contribution is 5.92. The van der Waals surface area contributed by atoms with E-state index >= 15 is 0 Å². The van der Waals surface area contributed by atoms with Gasteiger partial charge in [0.05, 0.1) is 5.41 Å². The molecule has 0 atom stereocenters. The van der Waals surface area contributed by atoms with Crippen LogP contribution in [0.2, 0.25) is 0 Å². The van der Waals surface area contributed by atoms with Crippen molar-refractivity contribution < 1.29 is 19.1 Å². The Hall–Kier alpha value is -2.56. The van der Waals surface area contributed by atoms with E-state index in [9.17, 15) is 14.7 Å². The van der Waals surface area contributed by atoms with Crippen LogP contribution < -0.4 is 0 Å². The maximum Gasteiger partial charge on any atom is 0.314 e. The molecule has 0 aliphatic carbocycles. The lowest BCUT2D eigenvalue weighted by atomic mass is 9.73. The standard InChI is InChI=1S/C20H23NO4/c1-3-16-14(2)13-17(25-16)18(22)21-11-9-20(10-12-21,19(23)24)15-7-5-4-6-8-15/h4-8,13H,3,9-12H2,1-2H3,(H,23,24). The Morgan fingerprint density at radius 3 is 2.36 bits per heavy atom. The molecule has 3 rings (SSSR count). The summed E-state index contributed by atoms with van der Waals surface area (Å²) in [5, 5.41) is 9.83. The van der Waals surface area contributed by atoms with Crippen LogP contribution in [0.4, 0.5) is 0 Å². The number of carboxylic acids is 1. The lowest BCUT2D eigenvalue weighted by Crippen LogP contribution is -2.49. The molecule has 5 heteroatoms. The zero-order valence-electron chi connectivity index (χ0n) is 14.6. The van der Waals surface area contributed by atoms with E-state index in [0.717, 1.165) is 23.3 Å². The minimum absolute atomic E-state index is 0.158. The first kappa shape index (κ1) is 17.3. The fourth-order valence-electron chi connectivity index (χ4n) is 3.61. The molecule has 1 aromatic heterocycles. The number of hydrogen-bond donors (Lipinski definition) is 1.